The van der Waals surface area contributed by atoms with Crippen LogP contribution in [-0.2, 0) is 14.3 Å². The number of carbonyl (C=O) groups is 2. The lowest BCUT2D eigenvalue weighted by Gasteiger charge is -2.18. The van der Waals surface area contributed by atoms with Crippen LogP contribution in [0.3, 0.4) is 0 Å². The van der Waals surface area contributed by atoms with Gasteiger partial charge in [0.15, 0.2) is 5.78 Å². The summed E-state index contributed by atoms with van der Waals surface area (Å²) in [7, 11) is 1.40. The normalized spacial score (nSPS) is 25.5. The molecule has 0 aromatic heterocycles. The maximum atomic E-state index is 13.4. The molecule has 0 aromatic rings. The second-order valence-electron chi connectivity index (χ2n) is 11.7. The molecule has 3 atom stereocenters. The number of hydrogen-bond acceptors (Lipinski definition) is 8. The number of aliphatic hydroxyl groups is 1. The van der Waals surface area contributed by atoms with Crippen LogP contribution in [0.25, 0.3) is 0 Å². The monoisotopic (exact) mass is 564 g/mol. The molecule has 1 saturated carbocycles. The third-order valence-electron chi connectivity index (χ3n) is 9.29. The molecule has 1 aliphatic carbocycles. The molecule has 8 nitrogen and oxygen atoms in total. The number of rotatable bonds is 5. The first-order chi connectivity index (χ1) is 20.0. The summed E-state index contributed by atoms with van der Waals surface area (Å²) < 4.78 is 4.94. The van der Waals surface area contributed by atoms with Gasteiger partial charge in [-0.15, -0.1) is 0 Å². The molecule has 0 saturated heterocycles. The van der Waals surface area contributed by atoms with Gasteiger partial charge in [0.2, 0.25) is 0 Å². The number of esters is 1. The number of methoxy groups -OCH3 is 1. The van der Waals surface area contributed by atoms with Crippen LogP contribution in [0.5, 0.6) is 0 Å². The van der Waals surface area contributed by atoms with Crippen LogP contribution in [0.4, 0.5) is 0 Å². The number of allylic oxidation sites excluding steroid dienone is 10. The second kappa shape index (κ2) is 10.3. The van der Waals surface area contributed by atoms with Gasteiger partial charge < -0.3 is 9.84 Å². The predicted molar refractivity (Wildman–Crippen MR) is 165 cm³/mol. The maximum absolute atomic E-state index is 13.4. The molecular formula is C34H36N4O4. The molecule has 6 aliphatic rings. The quantitative estimate of drug-likeness (QED) is 0.435. The molecule has 216 valence electrons. The summed E-state index contributed by atoms with van der Waals surface area (Å²) in [6, 6.07) is 0. The molecule has 0 amide bonds. The first kappa shape index (κ1) is 28.1. The topological polar surface area (TPSA) is 113 Å². The summed E-state index contributed by atoms with van der Waals surface area (Å²) in [6.07, 6.45) is 7.04. The molecular weight excluding hydrogens is 528 g/mol. The summed E-state index contributed by atoms with van der Waals surface area (Å²) in [5.74, 6) is -0.347. The van der Waals surface area contributed by atoms with E-state index in [4.69, 9.17) is 24.7 Å². The fourth-order valence-electron chi connectivity index (χ4n) is 6.91. The number of carbonyl (C=O) groups excluding carboxylic acids is 2. The van der Waals surface area contributed by atoms with E-state index < -0.39 is 6.10 Å². The molecule has 8 bridgehead atoms. The van der Waals surface area contributed by atoms with E-state index in [0.717, 1.165) is 74.1 Å². The Bertz CT molecular complexity index is 1710. The highest BCUT2D eigenvalue weighted by Crippen LogP contribution is 2.45. The van der Waals surface area contributed by atoms with Crippen molar-refractivity contribution in [2.75, 3.05) is 7.11 Å². The molecule has 1 N–H and O–H groups in total. The van der Waals surface area contributed by atoms with E-state index in [-0.39, 0.29) is 36.4 Å². The first-order valence-electron chi connectivity index (χ1n) is 14.7. The summed E-state index contributed by atoms with van der Waals surface area (Å²) in [5.41, 5.74) is 12.3. The van der Waals surface area contributed by atoms with Crippen molar-refractivity contribution in [1.82, 2.24) is 0 Å². The maximum Gasteiger partial charge on any atom is 0.305 e. The van der Waals surface area contributed by atoms with Gasteiger partial charge in [0.1, 0.15) is 0 Å². The number of ether oxygens (including phenoxy) is 1. The summed E-state index contributed by atoms with van der Waals surface area (Å²) in [6.45, 7) is 12.0. The number of aliphatic imine (C=N–C) groups is 4. The van der Waals surface area contributed by atoms with Gasteiger partial charge in [-0.3, -0.25) is 14.6 Å². The average molecular weight is 565 g/mol. The number of Topliss-reactive ketones (excluding diaryl/α,β-unsaturated/α-hetero) is 1. The summed E-state index contributed by atoms with van der Waals surface area (Å²) >= 11 is 0. The van der Waals surface area contributed by atoms with E-state index in [2.05, 4.69) is 20.8 Å². The van der Waals surface area contributed by atoms with Crippen molar-refractivity contribution in [3.63, 3.8) is 0 Å². The van der Waals surface area contributed by atoms with Crippen molar-refractivity contribution in [3.8, 4) is 0 Å². The van der Waals surface area contributed by atoms with Crippen LogP contribution in [-0.4, -0.2) is 52.9 Å². The standard InChI is InChI=1S/C34H36N4O4/c1-8-20-15(2)23-14-28-31(19(6)39)17(4)25(36-28)12-24-16(3)21(9-10-30(41)42-7)33(37-24)22-11-29(40)32-18(5)26(38-34(22)32)13-27(20)35-23/h12-14,16,19,21,39H,8-11H2,1-7H3/t16-,19+,21-/m0/s1. The lowest BCUT2D eigenvalue weighted by atomic mass is 9.84. The van der Waals surface area contributed by atoms with Gasteiger partial charge >= 0.3 is 5.97 Å². The third kappa shape index (κ3) is 4.31. The molecule has 42 heavy (non-hydrogen) atoms. The minimum Gasteiger partial charge on any atom is -0.469 e. The van der Waals surface area contributed by atoms with E-state index in [1.165, 1.54) is 7.11 Å². The molecule has 0 aromatic carbocycles. The lowest BCUT2D eigenvalue weighted by molar-refractivity contribution is -0.140. The van der Waals surface area contributed by atoms with E-state index in [9.17, 15) is 14.7 Å². The van der Waals surface area contributed by atoms with E-state index in [1.807, 2.05) is 32.1 Å². The van der Waals surface area contributed by atoms with Crippen LogP contribution in [0, 0.1) is 11.8 Å². The third-order valence-corrected chi connectivity index (χ3v) is 9.29. The Morgan fingerprint density at radius 3 is 2.36 bits per heavy atom. The van der Waals surface area contributed by atoms with Gasteiger partial charge in [-0.1, -0.05) is 13.8 Å². The number of fused-ring (bicyclic) bond motifs is 4. The average Bonchev–Trinajstić information content (AvgIpc) is 3.70. The second-order valence-corrected chi connectivity index (χ2v) is 11.7. The molecule has 0 radical (unpaired) electrons. The molecule has 8 heteroatoms. The summed E-state index contributed by atoms with van der Waals surface area (Å²) in [4.78, 5) is 45.7. The zero-order valence-electron chi connectivity index (χ0n) is 25.3. The molecule has 0 unspecified atom stereocenters. The Hall–Kier alpha value is -4.04. The summed E-state index contributed by atoms with van der Waals surface area (Å²) in [5, 5.41) is 10.8. The fraction of sp³-hybridized carbons (Fsp3) is 0.412. The zero-order valence-corrected chi connectivity index (χ0v) is 25.3. The predicted octanol–water partition coefficient (Wildman–Crippen LogP) is 5.64. The van der Waals surface area contributed by atoms with E-state index in [1.54, 1.807) is 6.92 Å². The SMILES string of the molecule is CCC1=C(C)C2=CC3=NC(=CC4=NC(=C5CC(=O)C6=C(C)C(=CC1=N2)N=C56)[C@@H](CCC(=O)OC)[C@@H]4C)C(C)=C3[C@@H](C)O. The van der Waals surface area contributed by atoms with Crippen molar-refractivity contribution in [1.29, 1.82) is 0 Å². The van der Waals surface area contributed by atoms with Gasteiger partial charge in [0.25, 0.3) is 0 Å². The smallest absolute Gasteiger partial charge is 0.305 e. The Labute approximate surface area is 246 Å². The Balaban J connectivity index is 1.62. The van der Waals surface area contributed by atoms with Gasteiger partial charge in [-0.05, 0) is 81.1 Å². The highest BCUT2D eigenvalue weighted by atomic mass is 16.5. The number of aliphatic hydroxyl groups excluding tert-OH is 1. The number of ketones is 1. The highest BCUT2D eigenvalue weighted by Gasteiger charge is 2.42. The van der Waals surface area contributed by atoms with Gasteiger partial charge in [-0.25, -0.2) is 15.0 Å². The van der Waals surface area contributed by atoms with Crippen molar-refractivity contribution in [3.05, 3.63) is 80.0 Å². The van der Waals surface area contributed by atoms with Gasteiger partial charge in [0, 0.05) is 47.1 Å². The lowest BCUT2D eigenvalue weighted by Crippen LogP contribution is -2.17. The van der Waals surface area contributed by atoms with Crippen LogP contribution in [0.1, 0.15) is 67.2 Å². The molecule has 6 rings (SSSR count). The molecule has 0 spiro atoms. The van der Waals surface area contributed by atoms with Crippen molar-refractivity contribution < 1.29 is 19.4 Å². The zero-order chi connectivity index (χ0) is 30.0. The minimum atomic E-state index is -0.717. The molecule has 5 aliphatic heterocycles. The van der Waals surface area contributed by atoms with Crippen molar-refractivity contribution in [2.24, 2.45) is 31.8 Å². The largest absolute Gasteiger partial charge is 0.469 e. The van der Waals surface area contributed by atoms with Crippen LogP contribution < -0.4 is 0 Å². The molecule has 5 heterocycles. The minimum absolute atomic E-state index is 0.0270. The van der Waals surface area contributed by atoms with Gasteiger partial charge in [-0.2, -0.15) is 0 Å². The van der Waals surface area contributed by atoms with Gasteiger partial charge in [0.05, 0.1) is 53.1 Å². The highest BCUT2D eigenvalue weighted by molar-refractivity contribution is 6.38. The van der Waals surface area contributed by atoms with Crippen LogP contribution >= 0.6 is 0 Å². The van der Waals surface area contributed by atoms with Crippen LogP contribution in [0.2, 0.25) is 0 Å². The number of hydrogen-bond donors (Lipinski definition) is 1. The van der Waals surface area contributed by atoms with Crippen molar-refractivity contribution in [2.45, 2.75) is 73.3 Å². The Morgan fingerprint density at radius 2 is 1.67 bits per heavy atom. The number of nitrogens with zero attached hydrogens (tertiary/aromatic N) is 4. The molecule has 1 fully saturated rings. The fourth-order valence-corrected chi connectivity index (χ4v) is 6.91. The Morgan fingerprint density at radius 1 is 1.00 bits per heavy atom. The van der Waals surface area contributed by atoms with E-state index >= 15 is 0 Å². The van der Waals surface area contributed by atoms with Crippen molar-refractivity contribution >= 4 is 34.6 Å². The van der Waals surface area contributed by atoms with Crippen LogP contribution in [0.15, 0.2) is 100.0 Å². The first-order valence-corrected chi connectivity index (χ1v) is 14.7. The Kier molecular flexibility index (Phi) is 6.92. The van der Waals surface area contributed by atoms with E-state index in [0.29, 0.717) is 23.4 Å².